The van der Waals surface area contributed by atoms with Crippen molar-refractivity contribution in [1.29, 1.82) is 0 Å². The average molecular weight is 249 g/mol. The predicted octanol–water partition coefficient (Wildman–Crippen LogP) is 2.28. The van der Waals surface area contributed by atoms with Crippen LogP contribution in [0.15, 0.2) is 12.5 Å². The monoisotopic (exact) mass is 249 g/mol. The van der Waals surface area contributed by atoms with E-state index in [2.05, 4.69) is 29.1 Å². The molecule has 0 radical (unpaired) electrons. The molecule has 1 unspecified atom stereocenters. The van der Waals surface area contributed by atoms with Crippen molar-refractivity contribution in [3.05, 3.63) is 18.2 Å². The molecular formula is C14H23N3O. The molecule has 0 bridgehead atoms. The smallest absolute Gasteiger partial charge is 0.223 e. The third-order valence-corrected chi connectivity index (χ3v) is 4.07. The lowest BCUT2D eigenvalue weighted by molar-refractivity contribution is -0.130. The normalized spacial score (nSPS) is 22.7. The zero-order valence-corrected chi connectivity index (χ0v) is 11.3. The van der Waals surface area contributed by atoms with Gasteiger partial charge in [0.1, 0.15) is 0 Å². The third kappa shape index (κ3) is 3.12. The van der Waals surface area contributed by atoms with Gasteiger partial charge in [-0.05, 0) is 18.3 Å². The summed E-state index contributed by atoms with van der Waals surface area (Å²) in [5.41, 5.74) is 1.22. The van der Waals surface area contributed by atoms with E-state index in [9.17, 15) is 4.79 Å². The Labute approximate surface area is 109 Å². The Morgan fingerprint density at radius 2 is 2.39 bits per heavy atom. The molecule has 100 valence electrons. The number of aromatic amines is 1. The molecule has 1 aliphatic carbocycles. The summed E-state index contributed by atoms with van der Waals surface area (Å²) in [7, 11) is 0. The zero-order valence-electron chi connectivity index (χ0n) is 11.3. The Kier molecular flexibility index (Phi) is 4.04. The molecule has 4 nitrogen and oxygen atoms in total. The first-order valence-electron chi connectivity index (χ1n) is 6.84. The van der Waals surface area contributed by atoms with Gasteiger partial charge in [0.25, 0.3) is 0 Å². The highest BCUT2D eigenvalue weighted by molar-refractivity contribution is 5.79. The molecule has 1 aliphatic rings. The van der Waals surface area contributed by atoms with Gasteiger partial charge in [-0.15, -0.1) is 0 Å². The molecule has 1 saturated carbocycles. The van der Waals surface area contributed by atoms with Crippen LogP contribution in [0.5, 0.6) is 0 Å². The maximum Gasteiger partial charge on any atom is 0.223 e. The molecule has 0 spiro atoms. The number of carbonyl (C=O) groups excluding carboxylic acids is 1. The molecule has 18 heavy (non-hydrogen) atoms. The standard InChI is InChI=1S/C14H23N3O/c1-14(2)7-4-3-5-12(14)13(18)16-8-6-11-9-15-10-17-11/h9-10,12H,3-8H2,1-2H3,(H,15,17)(H,16,18). The number of carbonyl (C=O) groups is 1. The van der Waals surface area contributed by atoms with Gasteiger partial charge >= 0.3 is 0 Å². The van der Waals surface area contributed by atoms with Crippen molar-refractivity contribution in [3.63, 3.8) is 0 Å². The van der Waals surface area contributed by atoms with E-state index in [0.29, 0.717) is 6.54 Å². The number of nitrogens with one attached hydrogen (secondary N) is 2. The molecule has 1 amide bonds. The lowest BCUT2D eigenvalue weighted by Crippen LogP contribution is -2.41. The van der Waals surface area contributed by atoms with E-state index in [1.165, 1.54) is 12.8 Å². The maximum atomic E-state index is 12.2. The highest BCUT2D eigenvalue weighted by atomic mass is 16.1. The topological polar surface area (TPSA) is 57.8 Å². The van der Waals surface area contributed by atoms with Crippen LogP contribution in [0.3, 0.4) is 0 Å². The fourth-order valence-electron chi connectivity index (χ4n) is 2.85. The van der Waals surface area contributed by atoms with Gasteiger partial charge in [-0.2, -0.15) is 0 Å². The quantitative estimate of drug-likeness (QED) is 0.860. The van der Waals surface area contributed by atoms with E-state index in [4.69, 9.17) is 0 Å². The van der Waals surface area contributed by atoms with Crippen molar-refractivity contribution in [2.45, 2.75) is 46.0 Å². The zero-order chi connectivity index (χ0) is 13.0. The van der Waals surface area contributed by atoms with Crippen LogP contribution in [0.4, 0.5) is 0 Å². The van der Waals surface area contributed by atoms with Crippen LogP contribution in [0.2, 0.25) is 0 Å². The third-order valence-electron chi connectivity index (χ3n) is 4.07. The van der Waals surface area contributed by atoms with E-state index in [1.807, 2.05) is 0 Å². The summed E-state index contributed by atoms with van der Waals surface area (Å²) in [4.78, 5) is 19.2. The lowest BCUT2D eigenvalue weighted by Gasteiger charge is -2.37. The molecule has 0 saturated heterocycles. The molecule has 4 heteroatoms. The molecule has 0 aliphatic heterocycles. The molecule has 1 fully saturated rings. The van der Waals surface area contributed by atoms with Crippen molar-refractivity contribution < 1.29 is 4.79 Å². The Balaban J connectivity index is 1.80. The molecule has 1 aromatic heterocycles. The fourth-order valence-corrected chi connectivity index (χ4v) is 2.85. The predicted molar refractivity (Wildman–Crippen MR) is 71.0 cm³/mol. The minimum Gasteiger partial charge on any atom is -0.355 e. The van der Waals surface area contributed by atoms with E-state index in [0.717, 1.165) is 25.0 Å². The summed E-state index contributed by atoms with van der Waals surface area (Å²) >= 11 is 0. The molecule has 2 rings (SSSR count). The van der Waals surface area contributed by atoms with Crippen molar-refractivity contribution in [3.8, 4) is 0 Å². The minimum atomic E-state index is 0.149. The second kappa shape index (κ2) is 5.55. The first-order chi connectivity index (χ1) is 8.59. The highest BCUT2D eigenvalue weighted by Gasteiger charge is 2.36. The molecular weight excluding hydrogens is 226 g/mol. The Morgan fingerprint density at radius 3 is 3.06 bits per heavy atom. The summed E-state index contributed by atoms with van der Waals surface area (Å²) in [5.74, 6) is 0.396. The number of hydrogen-bond acceptors (Lipinski definition) is 2. The van der Waals surface area contributed by atoms with Crippen LogP contribution in [-0.4, -0.2) is 22.4 Å². The summed E-state index contributed by atoms with van der Waals surface area (Å²) in [6, 6.07) is 0. The average Bonchev–Trinajstić information content (AvgIpc) is 2.81. The SMILES string of the molecule is CC1(C)CCCCC1C(=O)NCCc1cnc[nH]1. The number of aromatic nitrogens is 2. The van der Waals surface area contributed by atoms with Gasteiger partial charge in [-0.25, -0.2) is 4.98 Å². The minimum absolute atomic E-state index is 0.149. The Bertz CT molecular complexity index is 384. The number of amides is 1. The first kappa shape index (κ1) is 13.1. The number of hydrogen-bond donors (Lipinski definition) is 2. The van der Waals surface area contributed by atoms with Crippen molar-refractivity contribution >= 4 is 5.91 Å². The van der Waals surface area contributed by atoms with Gasteiger partial charge in [0.05, 0.1) is 6.33 Å². The van der Waals surface area contributed by atoms with Crippen molar-refractivity contribution in [2.75, 3.05) is 6.54 Å². The number of imidazole rings is 1. The number of H-pyrrole nitrogens is 1. The molecule has 1 atom stereocenters. The summed E-state index contributed by atoms with van der Waals surface area (Å²) in [5, 5.41) is 3.06. The van der Waals surface area contributed by atoms with Crippen LogP contribution in [0.25, 0.3) is 0 Å². The van der Waals surface area contributed by atoms with Crippen LogP contribution in [0, 0.1) is 11.3 Å². The summed E-state index contributed by atoms with van der Waals surface area (Å²) in [6.45, 7) is 5.12. The van der Waals surface area contributed by atoms with Crippen LogP contribution < -0.4 is 5.32 Å². The molecule has 1 heterocycles. The highest BCUT2D eigenvalue weighted by Crippen LogP contribution is 2.40. The maximum absolute atomic E-state index is 12.2. The number of nitrogens with zero attached hydrogens (tertiary/aromatic N) is 1. The van der Waals surface area contributed by atoms with E-state index >= 15 is 0 Å². The fraction of sp³-hybridized carbons (Fsp3) is 0.714. The second-order valence-electron chi connectivity index (χ2n) is 5.90. The molecule has 2 N–H and O–H groups in total. The van der Waals surface area contributed by atoms with Crippen LogP contribution in [-0.2, 0) is 11.2 Å². The Hall–Kier alpha value is -1.32. The Morgan fingerprint density at radius 1 is 1.56 bits per heavy atom. The largest absolute Gasteiger partial charge is 0.355 e. The van der Waals surface area contributed by atoms with E-state index in [-0.39, 0.29) is 17.2 Å². The number of rotatable bonds is 4. The van der Waals surface area contributed by atoms with Crippen LogP contribution >= 0.6 is 0 Å². The van der Waals surface area contributed by atoms with Crippen LogP contribution in [0.1, 0.15) is 45.2 Å². The summed E-state index contributed by atoms with van der Waals surface area (Å²) in [6.07, 6.45) is 8.92. The van der Waals surface area contributed by atoms with E-state index in [1.54, 1.807) is 12.5 Å². The van der Waals surface area contributed by atoms with Gasteiger partial charge in [0, 0.05) is 30.8 Å². The summed E-state index contributed by atoms with van der Waals surface area (Å²) < 4.78 is 0. The van der Waals surface area contributed by atoms with Gasteiger partial charge in [-0.1, -0.05) is 26.7 Å². The molecule has 1 aromatic rings. The van der Waals surface area contributed by atoms with Crippen molar-refractivity contribution in [2.24, 2.45) is 11.3 Å². The molecule has 0 aromatic carbocycles. The van der Waals surface area contributed by atoms with Crippen molar-refractivity contribution in [1.82, 2.24) is 15.3 Å². The van der Waals surface area contributed by atoms with Gasteiger partial charge in [-0.3, -0.25) is 4.79 Å². The van der Waals surface area contributed by atoms with E-state index < -0.39 is 0 Å². The van der Waals surface area contributed by atoms with Gasteiger partial charge in [0.2, 0.25) is 5.91 Å². The van der Waals surface area contributed by atoms with Gasteiger partial charge < -0.3 is 10.3 Å². The second-order valence-corrected chi connectivity index (χ2v) is 5.90. The first-order valence-corrected chi connectivity index (χ1v) is 6.84. The lowest BCUT2D eigenvalue weighted by atomic mass is 9.68. The van der Waals surface area contributed by atoms with Gasteiger partial charge in [0.15, 0.2) is 0 Å².